The van der Waals surface area contributed by atoms with Gasteiger partial charge in [-0.05, 0) is 24.6 Å². The van der Waals surface area contributed by atoms with Crippen molar-refractivity contribution in [1.29, 1.82) is 0 Å². The van der Waals surface area contributed by atoms with Gasteiger partial charge < -0.3 is 9.84 Å². The largest absolute Gasteiger partial charge is 0.481 e. The van der Waals surface area contributed by atoms with Crippen LogP contribution in [0.25, 0.3) is 0 Å². The van der Waals surface area contributed by atoms with E-state index in [1.54, 1.807) is 14.0 Å². The van der Waals surface area contributed by atoms with Gasteiger partial charge in [-0.3, -0.25) is 9.69 Å². The lowest BCUT2D eigenvalue weighted by Gasteiger charge is -2.20. The summed E-state index contributed by atoms with van der Waals surface area (Å²) in [5.41, 5.74) is 2.04. The topological polar surface area (TPSA) is 49.8 Å². The average Bonchev–Trinajstić information content (AvgIpc) is 2.43. The van der Waals surface area contributed by atoms with Crippen molar-refractivity contribution in [2.24, 2.45) is 0 Å². The third kappa shape index (κ3) is 5.01. The molecule has 0 spiro atoms. The molecular formula is C15H23NO3. The smallest absolute Gasteiger partial charge is 0.310 e. The van der Waals surface area contributed by atoms with Crippen LogP contribution in [0, 0.1) is 0 Å². The number of carboxylic acids is 1. The number of hydrogen-bond acceptors (Lipinski definition) is 3. The molecule has 1 unspecified atom stereocenters. The first kappa shape index (κ1) is 15.7. The Morgan fingerprint density at radius 3 is 2.47 bits per heavy atom. The normalized spacial score (nSPS) is 12.6. The van der Waals surface area contributed by atoms with Gasteiger partial charge in [-0.15, -0.1) is 0 Å². The zero-order chi connectivity index (χ0) is 14.3. The molecule has 0 bridgehead atoms. The SMILES string of the molecule is CCN(CCOC)Cc1ccc(C(C)C(=O)O)cc1. The van der Waals surface area contributed by atoms with Gasteiger partial charge in [0, 0.05) is 20.2 Å². The van der Waals surface area contributed by atoms with Crippen LogP contribution in [0.1, 0.15) is 30.9 Å². The minimum atomic E-state index is -0.789. The van der Waals surface area contributed by atoms with Crippen molar-refractivity contribution < 1.29 is 14.6 Å². The molecule has 19 heavy (non-hydrogen) atoms. The first-order valence-electron chi connectivity index (χ1n) is 6.61. The summed E-state index contributed by atoms with van der Waals surface area (Å²) in [4.78, 5) is 13.2. The quantitative estimate of drug-likeness (QED) is 0.784. The standard InChI is InChI=1S/C15H23NO3/c1-4-16(9-10-19-3)11-13-5-7-14(8-6-13)12(2)15(17)18/h5-8,12H,4,9-11H2,1-3H3,(H,17,18). The van der Waals surface area contributed by atoms with Crippen LogP contribution in [0.15, 0.2) is 24.3 Å². The van der Waals surface area contributed by atoms with Crippen LogP contribution in [0.2, 0.25) is 0 Å². The maximum Gasteiger partial charge on any atom is 0.310 e. The molecule has 0 aliphatic heterocycles. The minimum Gasteiger partial charge on any atom is -0.481 e. The molecule has 0 aliphatic carbocycles. The van der Waals surface area contributed by atoms with E-state index < -0.39 is 11.9 Å². The van der Waals surface area contributed by atoms with E-state index in [0.717, 1.165) is 31.8 Å². The summed E-state index contributed by atoms with van der Waals surface area (Å²) in [5.74, 6) is -1.24. The number of benzene rings is 1. The molecule has 4 nitrogen and oxygen atoms in total. The van der Waals surface area contributed by atoms with Gasteiger partial charge in [0.15, 0.2) is 0 Å². The molecule has 1 rings (SSSR count). The number of nitrogens with zero attached hydrogens (tertiary/aromatic N) is 1. The molecular weight excluding hydrogens is 242 g/mol. The molecule has 1 aromatic carbocycles. The van der Waals surface area contributed by atoms with E-state index in [-0.39, 0.29) is 0 Å². The summed E-state index contributed by atoms with van der Waals surface area (Å²) in [5, 5.41) is 8.96. The van der Waals surface area contributed by atoms with E-state index in [2.05, 4.69) is 11.8 Å². The van der Waals surface area contributed by atoms with Crippen molar-refractivity contribution in [1.82, 2.24) is 4.90 Å². The lowest BCUT2D eigenvalue weighted by molar-refractivity contribution is -0.138. The molecule has 1 N–H and O–H groups in total. The molecule has 1 atom stereocenters. The van der Waals surface area contributed by atoms with Crippen molar-refractivity contribution in [3.05, 3.63) is 35.4 Å². The van der Waals surface area contributed by atoms with Gasteiger partial charge >= 0.3 is 5.97 Å². The molecule has 0 saturated carbocycles. The predicted molar refractivity (Wildman–Crippen MR) is 75.3 cm³/mol. The molecule has 0 aliphatic rings. The summed E-state index contributed by atoms with van der Waals surface area (Å²) < 4.78 is 5.08. The maximum atomic E-state index is 10.9. The average molecular weight is 265 g/mol. The monoisotopic (exact) mass is 265 g/mol. The molecule has 0 fully saturated rings. The second kappa shape index (κ2) is 7.92. The van der Waals surface area contributed by atoms with E-state index >= 15 is 0 Å². The van der Waals surface area contributed by atoms with Gasteiger partial charge in [0.25, 0.3) is 0 Å². The van der Waals surface area contributed by atoms with Crippen molar-refractivity contribution in [3.63, 3.8) is 0 Å². The second-order valence-electron chi connectivity index (χ2n) is 4.66. The molecule has 0 radical (unpaired) electrons. The molecule has 0 amide bonds. The fourth-order valence-electron chi connectivity index (χ4n) is 1.88. The Labute approximate surface area is 115 Å². The van der Waals surface area contributed by atoms with Gasteiger partial charge in [-0.2, -0.15) is 0 Å². The number of likely N-dealkylation sites (N-methyl/N-ethyl adjacent to an activating group) is 1. The minimum absolute atomic E-state index is 0.454. The van der Waals surface area contributed by atoms with E-state index in [1.165, 1.54) is 5.56 Å². The van der Waals surface area contributed by atoms with Crippen molar-refractivity contribution >= 4 is 5.97 Å². The first-order valence-corrected chi connectivity index (χ1v) is 6.61. The number of methoxy groups -OCH3 is 1. The summed E-state index contributed by atoms with van der Waals surface area (Å²) in [6.07, 6.45) is 0. The van der Waals surface area contributed by atoms with Crippen LogP contribution < -0.4 is 0 Å². The van der Waals surface area contributed by atoms with E-state index in [4.69, 9.17) is 9.84 Å². The Kier molecular flexibility index (Phi) is 6.53. The van der Waals surface area contributed by atoms with Crippen molar-refractivity contribution in [2.45, 2.75) is 26.3 Å². The van der Waals surface area contributed by atoms with Crippen molar-refractivity contribution in [3.8, 4) is 0 Å². The zero-order valence-electron chi connectivity index (χ0n) is 11.9. The fraction of sp³-hybridized carbons (Fsp3) is 0.533. The van der Waals surface area contributed by atoms with E-state index in [1.807, 2.05) is 24.3 Å². The molecule has 4 heteroatoms. The highest BCUT2D eigenvalue weighted by molar-refractivity contribution is 5.75. The highest BCUT2D eigenvalue weighted by Crippen LogP contribution is 2.16. The number of ether oxygens (including phenoxy) is 1. The van der Waals surface area contributed by atoms with Gasteiger partial charge in [0.1, 0.15) is 0 Å². The van der Waals surface area contributed by atoms with Crippen LogP contribution in [0.5, 0.6) is 0 Å². The Balaban J connectivity index is 2.62. The van der Waals surface area contributed by atoms with Gasteiger partial charge in [-0.25, -0.2) is 0 Å². The number of aliphatic carboxylic acids is 1. The second-order valence-corrected chi connectivity index (χ2v) is 4.66. The van der Waals surface area contributed by atoms with E-state index in [9.17, 15) is 4.79 Å². The first-order chi connectivity index (χ1) is 9.08. The van der Waals surface area contributed by atoms with E-state index in [0.29, 0.717) is 0 Å². The third-order valence-electron chi connectivity index (χ3n) is 3.32. The van der Waals surface area contributed by atoms with Crippen LogP contribution in [-0.4, -0.2) is 42.8 Å². The fourth-order valence-corrected chi connectivity index (χ4v) is 1.88. The Bertz CT molecular complexity index is 389. The Hall–Kier alpha value is -1.39. The summed E-state index contributed by atoms with van der Waals surface area (Å²) >= 11 is 0. The van der Waals surface area contributed by atoms with Crippen LogP contribution >= 0.6 is 0 Å². The zero-order valence-corrected chi connectivity index (χ0v) is 11.9. The highest BCUT2D eigenvalue weighted by atomic mass is 16.5. The van der Waals surface area contributed by atoms with Crippen molar-refractivity contribution in [2.75, 3.05) is 26.8 Å². The Morgan fingerprint density at radius 1 is 1.37 bits per heavy atom. The molecule has 0 heterocycles. The molecule has 0 saturated heterocycles. The molecule has 1 aromatic rings. The third-order valence-corrected chi connectivity index (χ3v) is 3.32. The Morgan fingerprint density at radius 2 is 2.00 bits per heavy atom. The number of rotatable bonds is 8. The lowest BCUT2D eigenvalue weighted by Crippen LogP contribution is -2.26. The molecule has 0 aromatic heterocycles. The van der Waals surface area contributed by atoms with Gasteiger partial charge in [0.05, 0.1) is 12.5 Å². The highest BCUT2D eigenvalue weighted by Gasteiger charge is 2.13. The molecule has 106 valence electrons. The van der Waals surface area contributed by atoms with Gasteiger partial charge in [-0.1, -0.05) is 31.2 Å². The summed E-state index contributed by atoms with van der Waals surface area (Å²) in [6, 6.07) is 7.81. The summed E-state index contributed by atoms with van der Waals surface area (Å²) in [6.45, 7) is 7.28. The number of carbonyl (C=O) groups is 1. The van der Waals surface area contributed by atoms with Gasteiger partial charge in [0.2, 0.25) is 0 Å². The number of carboxylic acid groups (broad SMARTS) is 1. The van der Waals surface area contributed by atoms with Crippen LogP contribution in [0.4, 0.5) is 0 Å². The van der Waals surface area contributed by atoms with Crippen LogP contribution in [-0.2, 0) is 16.1 Å². The maximum absolute atomic E-state index is 10.9. The lowest BCUT2D eigenvalue weighted by atomic mass is 10.00. The predicted octanol–water partition coefficient (Wildman–Crippen LogP) is 2.34. The van der Waals surface area contributed by atoms with Crippen LogP contribution in [0.3, 0.4) is 0 Å². The number of hydrogen-bond donors (Lipinski definition) is 1. The summed E-state index contributed by atoms with van der Waals surface area (Å²) in [7, 11) is 1.70.